The molecule has 15 heteroatoms. The predicted octanol–water partition coefficient (Wildman–Crippen LogP) is 9.90. The average molecular weight is 762 g/mol. The Morgan fingerprint density at radius 1 is 0.364 bits per heavy atom. The lowest BCUT2D eigenvalue weighted by Crippen LogP contribution is -2.62. The van der Waals surface area contributed by atoms with E-state index in [-0.39, 0.29) is 0 Å². The van der Waals surface area contributed by atoms with Crippen LogP contribution in [0.4, 0.5) is 0 Å². The maximum absolute atomic E-state index is 10.8. The second-order valence-corrected chi connectivity index (χ2v) is 52.2. The highest BCUT2D eigenvalue weighted by molar-refractivity contribution is 6.90. The van der Waals surface area contributed by atoms with E-state index in [0.29, 0.717) is 0 Å². The molecule has 44 heavy (non-hydrogen) atoms. The molecule has 266 valence electrons. The normalized spacial score (nSPS) is 14.9. The molecule has 0 aliphatic heterocycles. The molecule has 1 N–H and O–H groups in total. The van der Waals surface area contributed by atoms with Crippen molar-refractivity contribution in [1.29, 1.82) is 0 Å². The molecular formula is C29H76O7Si8. The predicted molar refractivity (Wildman–Crippen MR) is 212 cm³/mol. The van der Waals surface area contributed by atoms with Gasteiger partial charge in [-0.3, -0.25) is 0 Å². The van der Waals surface area contributed by atoms with Gasteiger partial charge in [-0.15, -0.1) is 0 Å². The van der Waals surface area contributed by atoms with Gasteiger partial charge in [-0.25, -0.2) is 0 Å². The quantitative estimate of drug-likeness (QED) is 0.0734. The first-order valence-electron chi connectivity index (χ1n) is 17.2. The summed E-state index contributed by atoms with van der Waals surface area (Å²) >= 11 is 0. The lowest BCUT2D eigenvalue weighted by molar-refractivity contribution is 0.240. The second kappa shape index (κ2) is 18.4. The summed E-state index contributed by atoms with van der Waals surface area (Å²) in [4.78, 5) is 10.8. The Kier molecular flexibility index (Phi) is 19.1. The minimum atomic E-state index is -3.09. The lowest BCUT2D eigenvalue weighted by Gasteiger charge is -2.45. The smallest absolute Gasteiger partial charge is 0.432 e. The van der Waals surface area contributed by atoms with Crippen molar-refractivity contribution in [2.24, 2.45) is 0 Å². The maximum Gasteiger partial charge on any atom is 0.469 e. The van der Waals surface area contributed by atoms with E-state index >= 15 is 0 Å². The van der Waals surface area contributed by atoms with E-state index < -0.39 is 67.0 Å². The molecule has 7 nitrogen and oxygen atoms in total. The van der Waals surface area contributed by atoms with Crippen molar-refractivity contribution in [2.45, 2.75) is 167 Å². The molecular weight excluding hydrogens is 685 g/mol. The summed E-state index contributed by atoms with van der Waals surface area (Å²) in [6.07, 6.45) is 3.91. The largest absolute Gasteiger partial charge is 0.469 e. The van der Waals surface area contributed by atoms with Crippen LogP contribution in [0, 0.1) is 0 Å². The second-order valence-electron chi connectivity index (χ2n) is 18.1. The van der Waals surface area contributed by atoms with Gasteiger partial charge in [-0.1, -0.05) is 0 Å². The van der Waals surface area contributed by atoms with Gasteiger partial charge in [0.1, 0.15) is 0 Å². The third-order valence-electron chi connectivity index (χ3n) is 6.94. The monoisotopic (exact) mass is 760 g/mol. The van der Waals surface area contributed by atoms with Crippen molar-refractivity contribution in [1.82, 2.24) is 0 Å². The van der Waals surface area contributed by atoms with Crippen LogP contribution in [0.25, 0.3) is 0 Å². The van der Waals surface area contributed by atoms with Gasteiger partial charge in [0.25, 0.3) is 0 Å². The van der Waals surface area contributed by atoms with Gasteiger partial charge in [0.2, 0.25) is 0 Å². The van der Waals surface area contributed by atoms with Crippen LogP contribution in [0.2, 0.25) is 142 Å². The maximum atomic E-state index is 10.8. The third kappa shape index (κ3) is 26.4. The molecule has 0 bridgehead atoms. The molecule has 0 aromatic carbocycles. The van der Waals surface area contributed by atoms with Crippen molar-refractivity contribution >= 4 is 67.0 Å². The van der Waals surface area contributed by atoms with Crippen molar-refractivity contribution < 1.29 is 30.4 Å². The first-order chi connectivity index (χ1) is 19.4. The SMILES string of the molecule is C[Si](C)(O)CCC[Si](O[Si](C)(C)CCCO[Si](C)(C)C)(O[Si](C)(C)CCCO[Si](C)(C)C)O[Si](C)(C)CCCO[Si](C)(C)C. The number of hydrogen-bond donors (Lipinski definition) is 1. The minimum Gasteiger partial charge on any atom is -0.432 e. The van der Waals surface area contributed by atoms with Gasteiger partial charge in [-0.05, 0) is 161 Å². The third-order valence-corrected chi connectivity index (χ3v) is 27.7. The molecule has 0 heterocycles. The fourth-order valence-corrected chi connectivity index (χ4v) is 26.4. The Morgan fingerprint density at radius 2 is 0.636 bits per heavy atom. The zero-order valence-electron chi connectivity index (χ0n) is 32.4. The number of rotatable bonds is 25. The van der Waals surface area contributed by atoms with Gasteiger partial charge >= 0.3 is 8.80 Å². The molecule has 0 saturated heterocycles. The van der Waals surface area contributed by atoms with Crippen molar-refractivity contribution in [3.8, 4) is 0 Å². The summed E-state index contributed by atoms with van der Waals surface area (Å²) in [5.74, 6) is 0. The van der Waals surface area contributed by atoms with Crippen molar-refractivity contribution in [3.05, 3.63) is 0 Å². The van der Waals surface area contributed by atoms with E-state index in [1.807, 2.05) is 13.1 Å². The molecule has 0 radical (unpaired) electrons. The number of hydrogen-bond acceptors (Lipinski definition) is 7. The molecule has 0 aliphatic rings. The molecule has 0 aromatic rings. The van der Waals surface area contributed by atoms with Crippen LogP contribution in [0.3, 0.4) is 0 Å². The van der Waals surface area contributed by atoms with E-state index in [2.05, 4.69) is 98.2 Å². The highest BCUT2D eigenvalue weighted by Crippen LogP contribution is 2.35. The average Bonchev–Trinajstić information content (AvgIpc) is 2.73. The van der Waals surface area contributed by atoms with E-state index in [9.17, 15) is 4.80 Å². The zero-order chi connectivity index (χ0) is 34.7. The van der Waals surface area contributed by atoms with E-state index in [4.69, 9.17) is 25.6 Å². The minimum absolute atomic E-state index is 0.787. The van der Waals surface area contributed by atoms with E-state index in [0.717, 1.165) is 75.7 Å². The van der Waals surface area contributed by atoms with Crippen LogP contribution in [0.5, 0.6) is 0 Å². The van der Waals surface area contributed by atoms with Gasteiger partial charge in [0.15, 0.2) is 58.2 Å². The standard InChI is InChI=1S/C29H76O7Si8/c1-37(2,3)31-22-18-26-41(12,13)34-44(29-21-25-40(10,11)30,35-42(14,15)27-19-23-32-38(4,5)6)36-43(16,17)28-20-24-33-39(7,8)9/h30H,18-29H2,1-17H3. The van der Waals surface area contributed by atoms with Gasteiger partial charge in [0, 0.05) is 25.9 Å². The molecule has 0 amide bonds. The van der Waals surface area contributed by atoms with Crippen LogP contribution in [0.15, 0.2) is 0 Å². The Hall–Kier alpha value is 1.46. The Bertz CT molecular complexity index is 713. The van der Waals surface area contributed by atoms with Crippen molar-refractivity contribution in [2.75, 3.05) is 19.8 Å². The molecule has 0 aromatic heterocycles. The summed E-state index contributed by atoms with van der Waals surface area (Å²) in [6, 6.07) is 4.70. The molecule has 0 spiro atoms. The van der Waals surface area contributed by atoms with Gasteiger partial charge in [-0.2, -0.15) is 0 Å². The first kappa shape index (κ1) is 45.5. The summed E-state index contributed by atoms with van der Waals surface area (Å²) in [6.45, 7) is 40.8. The van der Waals surface area contributed by atoms with Crippen LogP contribution in [0.1, 0.15) is 25.7 Å². The summed E-state index contributed by atoms with van der Waals surface area (Å²) < 4.78 is 40.8. The Labute approximate surface area is 283 Å². The zero-order valence-corrected chi connectivity index (χ0v) is 40.4. The molecule has 0 aliphatic carbocycles. The molecule has 0 unspecified atom stereocenters. The molecule has 0 saturated carbocycles. The van der Waals surface area contributed by atoms with E-state index in [1.54, 1.807) is 0 Å². The lowest BCUT2D eigenvalue weighted by atomic mass is 10.5. The summed E-state index contributed by atoms with van der Waals surface area (Å²) in [5, 5.41) is 0. The molecule has 0 fully saturated rings. The van der Waals surface area contributed by atoms with Gasteiger partial charge in [0.05, 0.1) is 0 Å². The van der Waals surface area contributed by atoms with Crippen LogP contribution < -0.4 is 0 Å². The van der Waals surface area contributed by atoms with Crippen molar-refractivity contribution in [3.63, 3.8) is 0 Å². The Balaban J connectivity index is 6.20. The fraction of sp³-hybridized carbons (Fsp3) is 1.00. The van der Waals surface area contributed by atoms with Gasteiger partial charge < -0.3 is 30.4 Å². The molecule has 0 rings (SSSR count). The highest BCUT2D eigenvalue weighted by atomic mass is 28.5. The summed E-state index contributed by atoms with van der Waals surface area (Å²) in [7, 11) is -16.4. The topological polar surface area (TPSA) is 75.6 Å². The summed E-state index contributed by atoms with van der Waals surface area (Å²) in [5.41, 5.74) is 0. The van der Waals surface area contributed by atoms with E-state index in [1.165, 1.54) is 0 Å². The Morgan fingerprint density at radius 3 is 0.864 bits per heavy atom. The fourth-order valence-electron chi connectivity index (χ4n) is 5.00. The molecule has 0 atom stereocenters. The highest BCUT2D eigenvalue weighted by Gasteiger charge is 2.52. The van der Waals surface area contributed by atoms with Crippen LogP contribution >= 0.6 is 0 Å². The van der Waals surface area contributed by atoms with Crippen LogP contribution in [-0.2, 0) is 25.6 Å². The van der Waals surface area contributed by atoms with Crippen LogP contribution in [-0.4, -0.2) is 91.6 Å². The first-order valence-corrected chi connectivity index (χ1v) is 41.9.